The number of nitrogens with zero attached hydrogens (tertiary/aromatic N) is 2. The van der Waals surface area contributed by atoms with Gasteiger partial charge in [0, 0.05) is 29.8 Å². The molecule has 3 aromatic rings. The van der Waals surface area contributed by atoms with E-state index >= 15 is 0 Å². The molecule has 126 valence electrons. The number of imidazole rings is 1. The third kappa shape index (κ3) is 2.22. The Kier molecular flexibility index (Phi) is 3.10. The molecule has 0 spiro atoms. The van der Waals surface area contributed by atoms with Gasteiger partial charge in [0.2, 0.25) is 0 Å². The van der Waals surface area contributed by atoms with E-state index in [-0.39, 0.29) is 11.9 Å². The molecule has 1 saturated heterocycles. The Morgan fingerprint density at radius 1 is 1.24 bits per heavy atom. The van der Waals surface area contributed by atoms with Crippen molar-refractivity contribution in [2.75, 3.05) is 12.3 Å². The van der Waals surface area contributed by atoms with Gasteiger partial charge in [0.15, 0.2) is 0 Å². The van der Waals surface area contributed by atoms with E-state index in [1.165, 1.54) is 11.1 Å². The number of carbonyl (C=O) groups is 1. The number of benzene rings is 2. The lowest BCUT2D eigenvalue weighted by Gasteiger charge is -2.38. The Labute approximate surface area is 145 Å². The zero-order chi connectivity index (χ0) is 17.0. The van der Waals surface area contributed by atoms with E-state index in [1.54, 1.807) is 6.33 Å². The van der Waals surface area contributed by atoms with Crippen LogP contribution in [0.15, 0.2) is 42.7 Å². The molecule has 0 saturated carbocycles. The van der Waals surface area contributed by atoms with Crippen LogP contribution in [0.25, 0.3) is 11.0 Å². The van der Waals surface area contributed by atoms with Gasteiger partial charge in [0.25, 0.3) is 5.91 Å². The summed E-state index contributed by atoms with van der Waals surface area (Å²) in [6, 6.07) is 12.2. The number of rotatable bonds is 1. The number of anilines is 1. The number of carbonyl (C=O) groups excluding carboxylic acids is 1. The number of aromatic nitrogens is 2. The largest absolute Gasteiger partial charge is 0.399 e. The summed E-state index contributed by atoms with van der Waals surface area (Å²) in [5, 5.41) is 0. The van der Waals surface area contributed by atoms with E-state index in [0.717, 1.165) is 48.1 Å². The zero-order valence-electron chi connectivity index (χ0n) is 13.9. The number of hydrogen-bond donors (Lipinski definition) is 2. The highest BCUT2D eigenvalue weighted by Crippen LogP contribution is 2.43. The third-order valence-corrected chi connectivity index (χ3v) is 5.70. The van der Waals surface area contributed by atoms with Crippen LogP contribution in [0.3, 0.4) is 0 Å². The minimum Gasteiger partial charge on any atom is -0.399 e. The average molecular weight is 332 g/mol. The quantitative estimate of drug-likeness (QED) is 0.673. The highest BCUT2D eigenvalue weighted by molar-refractivity contribution is 5.97. The molecule has 0 radical (unpaired) electrons. The van der Waals surface area contributed by atoms with Gasteiger partial charge in [-0.3, -0.25) is 4.79 Å². The van der Waals surface area contributed by atoms with Gasteiger partial charge in [-0.05, 0) is 60.7 Å². The van der Waals surface area contributed by atoms with Gasteiger partial charge in [-0.15, -0.1) is 0 Å². The average Bonchev–Trinajstić information content (AvgIpc) is 3.23. The lowest BCUT2D eigenvalue weighted by molar-refractivity contribution is 0.0595. The highest BCUT2D eigenvalue weighted by atomic mass is 16.2. The first-order valence-corrected chi connectivity index (χ1v) is 8.83. The summed E-state index contributed by atoms with van der Waals surface area (Å²) in [4.78, 5) is 22.6. The second-order valence-electron chi connectivity index (χ2n) is 7.11. The number of H-pyrrole nitrogens is 1. The Hall–Kier alpha value is -2.82. The molecule has 1 aliphatic heterocycles. The topological polar surface area (TPSA) is 75.0 Å². The lowest BCUT2D eigenvalue weighted by Crippen LogP contribution is -2.46. The highest BCUT2D eigenvalue weighted by Gasteiger charge is 2.40. The molecular weight excluding hydrogens is 312 g/mol. The number of piperidine rings is 1. The summed E-state index contributed by atoms with van der Waals surface area (Å²) in [5.41, 5.74) is 12.0. The molecule has 2 aliphatic rings. The Morgan fingerprint density at radius 3 is 3.08 bits per heavy atom. The van der Waals surface area contributed by atoms with Crippen molar-refractivity contribution in [3.8, 4) is 0 Å². The Morgan fingerprint density at radius 2 is 2.16 bits per heavy atom. The number of hydrogen-bond acceptors (Lipinski definition) is 3. The third-order valence-electron chi connectivity index (χ3n) is 5.70. The van der Waals surface area contributed by atoms with Crippen LogP contribution in [0, 0.1) is 0 Å². The van der Waals surface area contributed by atoms with E-state index in [2.05, 4.69) is 27.0 Å². The molecule has 3 N–H and O–H groups in total. The number of nitrogens with two attached hydrogens (primary N) is 1. The molecule has 2 atom stereocenters. The van der Waals surface area contributed by atoms with E-state index in [4.69, 9.17) is 5.73 Å². The van der Waals surface area contributed by atoms with Crippen molar-refractivity contribution in [2.24, 2.45) is 0 Å². The van der Waals surface area contributed by atoms with Gasteiger partial charge in [-0.2, -0.15) is 0 Å². The maximum absolute atomic E-state index is 13.2. The summed E-state index contributed by atoms with van der Waals surface area (Å²) in [5.74, 6) is 0.552. The standard InChI is InChI=1S/C20H20N4O/c21-14-4-5-15-13(8-14)10-19-16(15)2-1-7-24(19)20(25)12-3-6-17-18(9-12)23-11-22-17/h3-6,8-9,11,16,19H,1-2,7,10,21H2,(H,22,23)/t16-,19+/m0/s1. The van der Waals surface area contributed by atoms with Crippen molar-refractivity contribution in [2.45, 2.75) is 31.2 Å². The van der Waals surface area contributed by atoms with Crippen LogP contribution >= 0.6 is 0 Å². The van der Waals surface area contributed by atoms with Gasteiger partial charge in [-0.25, -0.2) is 4.98 Å². The van der Waals surface area contributed by atoms with Crippen molar-refractivity contribution in [3.05, 3.63) is 59.4 Å². The van der Waals surface area contributed by atoms with Crippen LogP contribution in [-0.2, 0) is 6.42 Å². The van der Waals surface area contributed by atoms with E-state index in [1.807, 2.05) is 24.3 Å². The fourth-order valence-electron chi connectivity index (χ4n) is 4.55. The van der Waals surface area contributed by atoms with Crippen molar-refractivity contribution in [1.82, 2.24) is 14.9 Å². The minimum atomic E-state index is 0.118. The van der Waals surface area contributed by atoms with Gasteiger partial charge in [0.1, 0.15) is 0 Å². The summed E-state index contributed by atoms with van der Waals surface area (Å²) >= 11 is 0. The first kappa shape index (κ1) is 14.5. The number of aromatic amines is 1. The SMILES string of the molecule is Nc1ccc2c(c1)C[C@@H]1[C@H]2CCCN1C(=O)c1ccc2nc[nH]c2c1. The monoisotopic (exact) mass is 332 g/mol. The predicted octanol–water partition coefficient (Wildman–Crippen LogP) is 3.09. The number of nitrogen functional groups attached to an aromatic ring is 1. The van der Waals surface area contributed by atoms with Crippen LogP contribution in [0.1, 0.15) is 40.2 Å². The summed E-state index contributed by atoms with van der Waals surface area (Å²) in [6.07, 6.45) is 4.75. The van der Waals surface area contributed by atoms with Gasteiger partial charge in [-0.1, -0.05) is 6.07 Å². The first-order chi connectivity index (χ1) is 12.2. The Bertz CT molecular complexity index is 977. The molecule has 0 bridgehead atoms. The first-order valence-electron chi connectivity index (χ1n) is 8.83. The smallest absolute Gasteiger partial charge is 0.254 e. The zero-order valence-corrected chi connectivity index (χ0v) is 13.9. The number of fused-ring (bicyclic) bond motifs is 4. The van der Waals surface area contributed by atoms with Gasteiger partial charge in [0.05, 0.1) is 17.4 Å². The molecule has 2 aromatic carbocycles. The molecule has 5 nitrogen and oxygen atoms in total. The molecule has 2 heterocycles. The molecule has 1 aromatic heterocycles. The number of nitrogens with one attached hydrogen (secondary N) is 1. The van der Waals surface area contributed by atoms with Crippen LogP contribution < -0.4 is 5.73 Å². The van der Waals surface area contributed by atoms with Gasteiger partial charge < -0.3 is 15.6 Å². The van der Waals surface area contributed by atoms with Crippen LogP contribution in [0.5, 0.6) is 0 Å². The normalized spacial score (nSPS) is 22.0. The fourth-order valence-corrected chi connectivity index (χ4v) is 4.55. The maximum Gasteiger partial charge on any atom is 0.254 e. The van der Waals surface area contributed by atoms with Crippen molar-refractivity contribution in [1.29, 1.82) is 0 Å². The predicted molar refractivity (Wildman–Crippen MR) is 97.5 cm³/mol. The summed E-state index contributed by atoms with van der Waals surface area (Å²) in [6.45, 7) is 0.824. The van der Waals surface area contributed by atoms with Crippen LogP contribution in [0.4, 0.5) is 5.69 Å². The summed E-state index contributed by atoms with van der Waals surface area (Å²) in [7, 11) is 0. The number of amides is 1. The van der Waals surface area contributed by atoms with Crippen molar-refractivity contribution < 1.29 is 4.79 Å². The molecule has 1 aliphatic carbocycles. The maximum atomic E-state index is 13.2. The molecule has 25 heavy (non-hydrogen) atoms. The van der Waals surface area contributed by atoms with Gasteiger partial charge >= 0.3 is 0 Å². The second-order valence-corrected chi connectivity index (χ2v) is 7.11. The van der Waals surface area contributed by atoms with Crippen LogP contribution in [0.2, 0.25) is 0 Å². The molecule has 0 unspecified atom stereocenters. The Balaban J connectivity index is 1.48. The van der Waals surface area contributed by atoms with E-state index < -0.39 is 0 Å². The van der Waals surface area contributed by atoms with Crippen LogP contribution in [-0.4, -0.2) is 33.4 Å². The molecular formula is C20H20N4O. The van der Waals surface area contributed by atoms with Crippen molar-refractivity contribution >= 4 is 22.6 Å². The second kappa shape index (κ2) is 5.34. The minimum absolute atomic E-state index is 0.118. The molecule has 5 rings (SSSR count). The number of likely N-dealkylation sites (tertiary alicyclic amines) is 1. The fraction of sp³-hybridized carbons (Fsp3) is 0.300. The summed E-state index contributed by atoms with van der Waals surface area (Å²) < 4.78 is 0. The van der Waals surface area contributed by atoms with E-state index in [0.29, 0.717) is 5.92 Å². The molecule has 1 amide bonds. The molecule has 5 heteroatoms. The van der Waals surface area contributed by atoms with E-state index in [9.17, 15) is 4.79 Å². The lowest BCUT2D eigenvalue weighted by atomic mass is 9.88. The molecule has 1 fully saturated rings. The van der Waals surface area contributed by atoms with Crippen molar-refractivity contribution in [3.63, 3.8) is 0 Å².